The molecule has 17 heavy (non-hydrogen) atoms. The van der Waals surface area contributed by atoms with E-state index >= 15 is 0 Å². The Morgan fingerprint density at radius 1 is 1.35 bits per heavy atom. The summed E-state index contributed by atoms with van der Waals surface area (Å²) in [7, 11) is 0. The van der Waals surface area contributed by atoms with E-state index < -0.39 is 5.97 Å². The van der Waals surface area contributed by atoms with E-state index in [1.807, 2.05) is 0 Å². The maximum absolute atomic E-state index is 10.9. The first-order valence-electron chi connectivity index (χ1n) is 4.77. The Labute approximate surface area is 102 Å². The molecule has 0 atom stereocenters. The van der Waals surface area contributed by atoms with Crippen LogP contribution in [0.4, 0.5) is 0 Å². The number of rotatable bonds is 3. The van der Waals surface area contributed by atoms with Crippen LogP contribution in [0.15, 0.2) is 42.7 Å². The largest absolute Gasteiger partial charge is 0.477 e. The van der Waals surface area contributed by atoms with E-state index in [0.717, 1.165) is 0 Å². The van der Waals surface area contributed by atoms with Crippen LogP contribution < -0.4 is 4.74 Å². The van der Waals surface area contributed by atoms with Crippen LogP contribution in [-0.4, -0.2) is 16.1 Å². The average Bonchev–Trinajstić information content (AvgIpc) is 2.29. The summed E-state index contributed by atoms with van der Waals surface area (Å²) in [5, 5.41) is 9.47. The van der Waals surface area contributed by atoms with Crippen molar-refractivity contribution in [1.82, 2.24) is 4.98 Å². The standard InChI is InChI=1S/C12H8ClNO3/c13-8-2-1-3-9(6-8)17-11-4-5-14-7-10(11)12(15)16/h1-7H,(H,15,16). The molecule has 0 amide bonds. The Morgan fingerprint density at radius 2 is 2.18 bits per heavy atom. The van der Waals surface area contributed by atoms with Gasteiger partial charge in [-0.1, -0.05) is 17.7 Å². The maximum atomic E-state index is 10.9. The second-order valence-electron chi connectivity index (χ2n) is 3.24. The normalized spacial score (nSPS) is 9.94. The van der Waals surface area contributed by atoms with Gasteiger partial charge in [-0.15, -0.1) is 0 Å². The molecule has 1 N–H and O–H groups in total. The van der Waals surface area contributed by atoms with Crippen LogP contribution in [0.3, 0.4) is 0 Å². The minimum Gasteiger partial charge on any atom is -0.477 e. The molecule has 2 rings (SSSR count). The molecule has 0 saturated carbocycles. The lowest BCUT2D eigenvalue weighted by Gasteiger charge is -2.07. The first-order chi connectivity index (χ1) is 8.16. The third kappa shape index (κ3) is 2.73. The van der Waals surface area contributed by atoms with Crippen LogP contribution in [0, 0.1) is 0 Å². The molecular weight excluding hydrogens is 242 g/mol. The highest BCUT2D eigenvalue weighted by Crippen LogP contribution is 2.26. The topological polar surface area (TPSA) is 59.4 Å². The minimum absolute atomic E-state index is 0.00692. The molecule has 0 bridgehead atoms. The number of benzene rings is 1. The first kappa shape index (κ1) is 11.4. The second-order valence-corrected chi connectivity index (χ2v) is 3.67. The van der Waals surface area contributed by atoms with Crippen molar-refractivity contribution < 1.29 is 14.6 Å². The number of hydrogen-bond acceptors (Lipinski definition) is 3. The van der Waals surface area contributed by atoms with Gasteiger partial charge in [0.25, 0.3) is 0 Å². The predicted octanol–water partition coefficient (Wildman–Crippen LogP) is 3.23. The molecule has 5 heteroatoms. The van der Waals surface area contributed by atoms with Gasteiger partial charge in [0.2, 0.25) is 0 Å². The molecule has 0 aliphatic heterocycles. The molecule has 1 aromatic carbocycles. The zero-order chi connectivity index (χ0) is 12.3. The van der Waals surface area contributed by atoms with Crippen LogP contribution in [-0.2, 0) is 0 Å². The fourth-order valence-corrected chi connectivity index (χ4v) is 1.47. The summed E-state index contributed by atoms with van der Waals surface area (Å²) in [5.74, 6) is -0.379. The molecule has 0 aliphatic carbocycles. The third-order valence-electron chi connectivity index (χ3n) is 2.04. The van der Waals surface area contributed by atoms with Gasteiger partial charge in [-0.2, -0.15) is 0 Å². The van der Waals surface area contributed by atoms with Crippen molar-refractivity contribution in [2.24, 2.45) is 0 Å². The van der Waals surface area contributed by atoms with Crippen LogP contribution in [0.2, 0.25) is 5.02 Å². The Morgan fingerprint density at radius 3 is 2.88 bits per heavy atom. The average molecular weight is 250 g/mol. The lowest BCUT2D eigenvalue weighted by Crippen LogP contribution is -2.00. The first-order valence-corrected chi connectivity index (χ1v) is 5.15. The highest BCUT2D eigenvalue weighted by molar-refractivity contribution is 6.30. The van der Waals surface area contributed by atoms with E-state index in [1.165, 1.54) is 18.5 Å². The Balaban J connectivity index is 2.33. The molecule has 0 fully saturated rings. The molecule has 1 heterocycles. The van der Waals surface area contributed by atoms with Crippen molar-refractivity contribution in [3.8, 4) is 11.5 Å². The zero-order valence-electron chi connectivity index (χ0n) is 8.63. The number of carboxylic acids is 1. The molecule has 0 spiro atoms. The van der Waals surface area contributed by atoms with Gasteiger partial charge in [0, 0.05) is 23.5 Å². The molecule has 0 radical (unpaired) electrons. The number of nitrogens with zero attached hydrogens (tertiary/aromatic N) is 1. The number of pyridine rings is 1. The monoisotopic (exact) mass is 249 g/mol. The molecule has 86 valence electrons. The molecule has 0 unspecified atom stereocenters. The van der Waals surface area contributed by atoms with Gasteiger partial charge >= 0.3 is 5.97 Å². The maximum Gasteiger partial charge on any atom is 0.341 e. The third-order valence-corrected chi connectivity index (χ3v) is 2.27. The number of halogens is 1. The SMILES string of the molecule is O=C(O)c1cnccc1Oc1cccc(Cl)c1. The summed E-state index contributed by atoms with van der Waals surface area (Å²) in [6.45, 7) is 0. The van der Waals surface area contributed by atoms with Crippen molar-refractivity contribution in [2.75, 3.05) is 0 Å². The number of hydrogen-bond donors (Lipinski definition) is 1. The van der Waals surface area contributed by atoms with E-state index in [0.29, 0.717) is 10.8 Å². The van der Waals surface area contributed by atoms with Crippen molar-refractivity contribution in [3.05, 3.63) is 53.3 Å². The molecule has 2 aromatic rings. The summed E-state index contributed by atoms with van der Waals surface area (Å²) in [4.78, 5) is 14.7. The lowest BCUT2D eigenvalue weighted by atomic mass is 10.2. The molecule has 0 aliphatic rings. The van der Waals surface area contributed by atoms with E-state index in [4.69, 9.17) is 21.4 Å². The van der Waals surface area contributed by atoms with E-state index in [1.54, 1.807) is 24.3 Å². The summed E-state index contributed by atoms with van der Waals surface area (Å²) >= 11 is 5.80. The van der Waals surface area contributed by atoms with Gasteiger partial charge in [-0.25, -0.2) is 4.79 Å². The van der Waals surface area contributed by atoms with Gasteiger partial charge in [0.1, 0.15) is 17.1 Å². The number of ether oxygens (including phenoxy) is 1. The second kappa shape index (κ2) is 4.84. The number of carbonyl (C=O) groups is 1. The summed E-state index contributed by atoms with van der Waals surface area (Å²) in [6, 6.07) is 8.22. The number of carboxylic acid groups (broad SMARTS) is 1. The molecule has 1 aromatic heterocycles. The molecule has 0 saturated heterocycles. The fourth-order valence-electron chi connectivity index (χ4n) is 1.29. The summed E-state index contributed by atoms with van der Waals surface area (Å²) < 4.78 is 5.45. The van der Waals surface area contributed by atoms with Crippen molar-refractivity contribution in [2.45, 2.75) is 0 Å². The van der Waals surface area contributed by atoms with Crippen LogP contribution in [0.1, 0.15) is 10.4 Å². The van der Waals surface area contributed by atoms with Gasteiger partial charge in [-0.3, -0.25) is 4.98 Å². The smallest absolute Gasteiger partial charge is 0.341 e. The highest BCUT2D eigenvalue weighted by Gasteiger charge is 2.11. The number of aromatic carboxylic acids is 1. The Hall–Kier alpha value is -2.07. The van der Waals surface area contributed by atoms with Crippen molar-refractivity contribution in [1.29, 1.82) is 0 Å². The van der Waals surface area contributed by atoms with Gasteiger partial charge < -0.3 is 9.84 Å². The highest BCUT2D eigenvalue weighted by atomic mass is 35.5. The quantitative estimate of drug-likeness (QED) is 0.907. The molecular formula is C12H8ClNO3. The van der Waals surface area contributed by atoms with Crippen LogP contribution in [0.25, 0.3) is 0 Å². The lowest BCUT2D eigenvalue weighted by molar-refractivity contribution is 0.0693. The Bertz CT molecular complexity index is 557. The van der Waals surface area contributed by atoms with Crippen molar-refractivity contribution in [3.63, 3.8) is 0 Å². The number of aromatic nitrogens is 1. The van der Waals surface area contributed by atoms with Gasteiger partial charge in [0.05, 0.1) is 0 Å². The predicted molar refractivity (Wildman–Crippen MR) is 62.7 cm³/mol. The van der Waals surface area contributed by atoms with E-state index in [2.05, 4.69) is 4.98 Å². The molecule has 4 nitrogen and oxygen atoms in total. The summed E-state index contributed by atoms with van der Waals surface area (Å²) in [6.07, 6.45) is 2.70. The van der Waals surface area contributed by atoms with Crippen LogP contribution in [0.5, 0.6) is 11.5 Å². The van der Waals surface area contributed by atoms with E-state index in [9.17, 15) is 4.79 Å². The van der Waals surface area contributed by atoms with Gasteiger partial charge in [0.15, 0.2) is 0 Å². The minimum atomic E-state index is -1.09. The summed E-state index contributed by atoms with van der Waals surface area (Å²) in [5.41, 5.74) is 0.00692. The van der Waals surface area contributed by atoms with Crippen LogP contribution >= 0.6 is 11.6 Å². The Kier molecular flexibility index (Phi) is 3.25. The fraction of sp³-hybridized carbons (Fsp3) is 0. The van der Waals surface area contributed by atoms with Crippen molar-refractivity contribution >= 4 is 17.6 Å². The zero-order valence-corrected chi connectivity index (χ0v) is 9.39. The van der Waals surface area contributed by atoms with E-state index in [-0.39, 0.29) is 11.3 Å². The van der Waals surface area contributed by atoms with Gasteiger partial charge in [-0.05, 0) is 18.2 Å².